The first-order valence-electron chi connectivity index (χ1n) is 11.1. The molecule has 0 aliphatic heterocycles. The van der Waals surface area contributed by atoms with Crippen molar-refractivity contribution in [1.29, 1.82) is 0 Å². The van der Waals surface area contributed by atoms with Crippen LogP contribution in [0.3, 0.4) is 0 Å². The summed E-state index contributed by atoms with van der Waals surface area (Å²) in [6.45, 7) is 5.91. The van der Waals surface area contributed by atoms with Crippen LogP contribution < -0.4 is 9.64 Å². The van der Waals surface area contributed by atoms with E-state index >= 15 is 0 Å². The Labute approximate surface area is 211 Å². The van der Waals surface area contributed by atoms with Gasteiger partial charge in [0, 0.05) is 6.07 Å². The number of aryl methyl sites for hydroxylation is 3. The maximum absolute atomic E-state index is 14.5. The van der Waals surface area contributed by atoms with Gasteiger partial charge in [-0.15, -0.1) is 23.9 Å². The number of hydrogen-bond acceptors (Lipinski definition) is 4. The molecule has 1 atom stereocenters. The van der Waals surface area contributed by atoms with Gasteiger partial charge in [-0.3, -0.25) is 0 Å². The Balaban J connectivity index is 0.00000324. The molecule has 0 spiro atoms. The van der Waals surface area contributed by atoms with Gasteiger partial charge in [0.25, 0.3) is 0 Å². The first kappa shape index (κ1) is 25.9. The number of anilines is 1. The Hall–Kier alpha value is -2.75. The number of halogens is 3. The van der Waals surface area contributed by atoms with Crippen LogP contribution in [0.1, 0.15) is 47.8 Å². The van der Waals surface area contributed by atoms with E-state index in [4.69, 9.17) is 32.8 Å². The molecule has 1 aromatic heterocycles. The zero-order valence-electron chi connectivity index (χ0n) is 19.8. The van der Waals surface area contributed by atoms with Crippen LogP contribution >= 0.6 is 24.0 Å². The molecule has 2 aromatic carbocycles. The summed E-state index contributed by atoms with van der Waals surface area (Å²) in [6.07, 6.45) is 8.98. The van der Waals surface area contributed by atoms with Crippen molar-refractivity contribution in [3.8, 4) is 23.8 Å². The molecule has 34 heavy (non-hydrogen) atoms. The molecule has 0 bridgehead atoms. The average molecular weight is 503 g/mol. The molecule has 0 radical (unpaired) electrons. The second-order valence-corrected chi connectivity index (χ2v) is 9.09. The fourth-order valence-electron chi connectivity index (χ4n) is 4.10. The molecule has 3 aromatic rings. The van der Waals surface area contributed by atoms with Gasteiger partial charge in [-0.2, -0.15) is 4.98 Å². The van der Waals surface area contributed by atoms with Crippen molar-refractivity contribution in [3.05, 3.63) is 63.7 Å². The van der Waals surface area contributed by atoms with Crippen LogP contribution in [0, 0.1) is 44.9 Å². The van der Waals surface area contributed by atoms with Crippen LogP contribution in [0.15, 0.2) is 30.3 Å². The van der Waals surface area contributed by atoms with Crippen LogP contribution in [-0.2, 0) is 0 Å². The molecule has 4 rings (SSSR count). The van der Waals surface area contributed by atoms with Gasteiger partial charge in [-0.05, 0) is 61.9 Å². The van der Waals surface area contributed by atoms with Crippen molar-refractivity contribution >= 4 is 30.0 Å². The molecule has 1 fully saturated rings. The summed E-state index contributed by atoms with van der Waals surface area (Å²) in [7, 11) is 1.61. The highest BCUT2D eigenvalue weighted by atomic mass is 35.5. The van der Waals surface area contributed by atoms with Crippen LogP contribution in [-0.4, -0.2) is 28.4 Å². The van der Waals surface area contributed by atoms with Gasteiger partial charge in [-0.25, -0.2) is 9.07 Å². The van der Waals surface area contributed by atoms with Crippen LogP contribution in [0.5, 0.6) is 5.75 Å². The number of rotatable bonds is 8. The summed E-state index contributed by atoms with van der Waals surface area (Å²) >= 11 is 6.55. The molecular formula is C26H29Cl2FN4O. The van der Waals surface area contributed by atoms with Gasteiger partial charge in [0.1, 0.15) is 17.4 Å². The van der Waals surface area contributed by atoms with E-state index in [0.29, 0.717) is 46.3 Å². The van der Waals surface area contributed by atoms with E-state index in [1.807, 2.05) is 36.9 Å². The maximum atomic E-state index is 14.5. The normalized spacial score (nSPS) is 13.7. The molecule has 180 valence electrons. The Bertz CT molecular complexity index is 1220. The fraction of sp³-hybridized carbons (Fsp3) is 0.385. The second kappa shape index (κ2) is 10.7. The van der Waals surface area contributed by atoms with E-state index in [1.165, 1.54) is 12.8 Å². The number of ether oxygens (including phenoxy) is 1. The highest BCUT2D eigenvalue weighted by molar-refractivity contribution is 6.32. The first-order chi connectivity index (χ1) is 15.8. The van der Waals surface area contributed by atoms with Crippen molar-refractivity contribution in [2.24, 2.45) is 5.92 Å². The van der Waals surface area contributed by atoms with Crippen LogP contribution in [0.4, 0.5) is 10.3 Å². The second-order valence-electron chi connectivity index (χ2n) is 8.68. The summed E-state index contributed by atoms with van der Waals surface area (Å²) < 4.78 is 21.6. The molecule has 1 aliphatic rings. The highest BCUT2D eigenvalue weighted by Crippen LogP contribution is 2.41. The molecule has 0 saturated heterocycles. The Morgan fingerprint density at radius 2 is 1.97 bits per heavy atom. The molecule has 0 N–H and O–H groups in total. The highest BCUT2D eigenvalue weighted by Gasteiger charge is 2.32. The van der Waals surface area contributed by atoms with E-state index in [-0.39, 0.29) is 24.3 Å². The lowest BCUT2D eigenvalue weighted by Gasteiger charge is -2.30. The number of methoxy groups -OCH3 is 1. The van der Waals surface area contributed by atoms with Crippen molar-refractivity contribution in [2.45, 2.75) is 46.1 Å². The minimum absolute atomic E-state index is 0. The largest absolute Gasteiger partial charge is 0.496 e. The Kier molecular flexibility index (Phi) is 8.12. The van der Waals surface area contributed by atoms with Gasteiger partial charge in [0.2, 0.25) is 5.95 Å². The minimum Gasteiger partial charge on any atom is -0.496 e. The first-order valence-corrected chi connectivity index (χ1v) is 11.4. The summed E-state index contributed by atoms with van der Waals surface area (Å²) in [5.41, 5.74) is 3.16. The smallest absolute Gasteiger partial charge is 0.246 e. The molecule has 8 heteroatoms. The SMILES string of the molecule is C#CCN(c1nc(C)n(-c2cc(C)c(OC)cc2Cl)n1)C(CC1CC1)c1ccc(C)c(F)c1.Cl. The zero-order valence-corrected chi connectivity index (χ0v) is 21.4. The topological polar surface area (TPSA) is 43.2 Å². The summed E-state index contributed by atoms with van der Waals surface area (Å²) in [5, 5.41) is 5.30. The monoisotopic (exact) mass is 502 g/mol. The number of benzene rings is 2. The van der Waals surface area contributed by atoms with E-state index in [1.54, 1.807) is 30.8 Å². The van der Waals surface area contributed by atoms with Crippen molar-refractivity contribution in [3.63, 3.8) is 0 Å². The number of aromatic nitrogens is 3. The molecule has 0 amide bonds. The lowest BCUT2D eigenvalue weighted by Crippen LogP contribution is -2.31. The molecule has 1 saturated carbocycles. The van der Waals surface area contributed by atoms with Gasteiger partial charge in [0.15, 0.2) is 0 Å². The number of nitrogens with zero attached hydrogens (tertiary/aromatic N) is 4. The molecule has 1 unspecified atom stereocenters. The fourth-order valence-corrected chi connectivity index (χ4v) is 4.34. The third kappa shape index (κ3) is 5.32. The molecule has 5 nitrogen and oxygen atoms in total. The summed E-state index contributed by atoms with van der Waals surface area (Å²) in [4.78, 5) is 6.73. The quantitative estimate of drug-likeness (QED) is 0.334. The van der Waals surface area contributed by atoms with E-state index < -0.39 is 0 Å². The minimum atomic E-state index is -0.218. The molecule has 1 heterocycles. The van der Waals surface area contributed by atoms with E-state index in [9.17, 15) is 4.39 Å². The summed E-state index contributed by atoms with van der Waals surface area (Å²) in [5.74, 6) is 5.01. The van der Waals surface area contributed by atoms with Gasteiger partial charge < -0.3 is 9.64 Å². The van der Waals surface area contributed by atoms with Crippen LogP contribution in [0.25, 0.3) is 5.69 Å². The predicted molar refractivity (Wildman–Crippen MR) is 137 cm³/mol. The number of terminal acetylenes is 1. The van der Waals surface area contributed by atoms with E-state index in [0.717, 1.165) is 17.5 Å². The Morgan fingerprint density at radius 3 is 2.59 bits per heavy atom. The average Bonchev–Trinajstić information content (AvgIpc) is 3.53. The summed E-state index contributed by atoms with van der Waals surface area (Å²) in [6, 6.07) is 8.98. The van der Waals surface area contributed by atoms with Gasteiger partial charge in [-0.1, -0.05) is 42.5 Å². The Morgan fingerprint density at radius 1 is 1.24 bits per heavy atom. The van der Waals surface area contributed by atoms with Crippen molar-refractivity contribution < 1.29 is 9.13 Å². The van der Waals surface area contributed by atoms with Gasteiger partial charge >= 0.3 is 0 Å². The number of hydrogen-bond donors (Lipinski definition) is 0. The predicted octanol–water partition coefficient (Wildman–Crippen LogP) is 6.40. The maximum Gasteiger partial charge on any atom is 0.246 e. The van der Waals surface area contributed by atoms with Crippen molar-refractivity contribution in [2.75, 3.05) is 18.6 Å². The van der Waals surface area contributed by atoms with Gasteiger partial charge in [0.05, 0.1) is 30.4 Å². The third-order valence-electron chi connectivity index (χ3n) is 6.18. The lowest BCUT2D eigenvalue weighted by atomic mass is 9.98. The third-order valence-corrected chi connectivity index (χ3v) is 6.48. The van der Waals surface area contributed by atoms with E-state index in [2.05, 4.69) is 5.92 Å². The molecular weight excluding hydrogens is 474 g/mol. The van der Waals surface area contributed by atoms with Crippen LogP contribution in [0.2, 0.25) is 5.02 Å². The van der Waals surface area contributed by atoms with Crippen molar-refractivity contribution in [1.82, 2.24) is 14.8 Å². The zero-order chi connectivity index (χ0) is 23.7. The standard InChI is InChI=1S/C26H28ClFN4O.ClH/c1-6-11-31(23(13-19-8-9-19)20-10-7-16(2)22(28)14-20)26-29-18(4)32(30-26)24-12-17(3)25(33-5)15-21(24)27;/h1,7,10,12,14-15,19,23H,8-9,11,13H2,2-5H3;1H. The lowest BCUT2D eigenvalue weighted by molar-refractivity contribution is 0.411. The molecule has 1 aliphatic carbocycles.